The summed E-state index contributed by atoms with van der Waals surface area (Å²) >= 11 is 0. The summed E-state index contributed by atoms with van der Waals surface area (Å²) in [6.45, 7) is 4.17. The van der Waals surface area contributed by atoms with Gasteiger partial charge in [0, 0.05) is 5.92 Å². The highest BCUT2D eigenvalue weighted by Gasteiger charge is 2.33. The first kappa shape index (κ1) is 7.98. The Hall–Kier alpha value is -0.120. The Balaban J connectivity index is 2.52. The van der Waals surface area contributed by atoms with E-state index in [0.717, 1.165) is 0 Å². The Morgan fingerprint density at radius 1 is 1.20 bits per heavy atom. The van der Waals surface area contributed by atoms with Gasteiger partial charge in [-0.15, -0.1) is 0 Å². The van der Waals surface area contributed by atoms with E-state index in [0.29, 0.717) is 6.61 Å². The van der Waals surface area contributed by atoms with Crippen molar-refractivity contribution in [3.8, 4) is 0 Å². The summed E-state index contributed by atoms with van der Waals surface area (Å²) < 4.78 is 5.16. The van der Waals surface area contributed by atoms with E-state index in [-0.39, 0.29) is 12.0 Å². The van der Waals surface area contributed by atoms with Crippen LogP contribution in [0.4, 0.5) is 0 Å². The van der Waals surface area contributed by atoms with Crippen molar-refractivity contribution < 1.29 is 14.9 Å². The molecule has 1 unspecified atom stereocenters. The van der Waals surface area contributed by atoms with Gasteiger partial charge in [0.2, 0.25) is 0 Å². The van der Waals surface area contributed by atoms with Gasteiger partial charge in [0.1, 0.15) is 6.10 Å². The van der Waals surface area contributed by atoms with Crippen LogP contribution in [0.5, 0.6) is 0 Å². The van der Waals surface area contributed by atoms with Crippen molar-refractivity contribution in [2.75, 3.05) is 6.61 Å². The quantitative estimate of drug-likeness (QED) is 0.496. The van der Waals surface area contributed by atoms with Gasteiger partial charge in [-0.3, -0.25) is 0 Å². The Labute approximate surface area is 60.6 Å². The summed E-state index contributed by atoms with van der Waals surface area (Å²) in [5.74, 6) is 0.0474. The van der Waals surface area contributed by atoms with E-state index < -0.39 is 12.2 Å². The summed E-state index contributed by atoms with van der Waals surface area (Å²) in [6.07, 6.45) is -1.57. The predicted molar refractivity (Wildman–Crippen MR) is 36.6 cm³/mol. The lowest BCUT2D eigenvalue weighted by Crippen LogP contribution is -2.47. The topological polar surface area (TPSA) is 49.7 Å². The van der Waals surface area contributed by atoms with Crippen LogP contribution in [0.15, 0.2) is 0 Å². The third-order valence-electron chi connectivity index (χ3n) is 2.04. The number of aliphatic hydroxyl groups excluding tert-OH is 2. The molecular formula is C7H14O3. The van der Waals surface area contributed by atoms with E-state index in [1.165, 1.54) is 0 Å². The zero-order valence-electron chi connectivity index (χ0n) is 6.32. The molecule has 0 bridgehead atoms. The number of aliphatic hydroxyl groups is 2. The summed E-state index contributed by atoms with van der Waals surface area (Å²) in [4.78, 5) is 0. The average Bonchev–Trinajstić information content (AvgIpc) is 1.93. The molecule has 60 valence electrons. The fourth-order valence-electron chi connectivity index (χ4n) is 1.12. The van der Waals surface area contributed by atoms with Crippen molar-refractivity contribution in [1.82, 2.24) is 0 Å². The Morgan fingerprint density at radius 2 is 1.80 bits per heavy atom. The van der Waals surface area contributed by atoms with E-state index in [1.807, 2.05) is 6.92 Å². The predicted octanol–water partition coefficient (Wildman–Crippen LogP) is -0.237. The van der Waals surface area contributed by atoms with Crippen molar-refractivity contribution in [3.05, 3.63) is 0 Å². The molecule has 0 spiro atoms. The molecule has 3 nitrogen and oxygen atoms in total. The van der Waals surface area contributed by atoms with Crippen LogP contribution >= 0.6 is 0 Å². The highest BCUT2D eigenvalue weighted by atomic mass is 16.5. The van der Waals surface area contributed by atoms with Crippen molar-refractivity contribution in [1.29, 1.82) is 0 Å². The van der Waals surface area contributed by atoms with Crippen molar-refractivity contribution in [3.63, 3.8) is 0 Å². The highest BCUT2D eigenvalue weighted by Crippen LogP contribution is 2.18. The SMILES string of the molecule is CC1CO[C@H](C)[C@H](O)[C@@H]1O. The number of hydrogen-bond donors (Lipinski definition) is 2. The molecule has 0 aromatic carbocycles. The van der Waals surface area contributed by atoms with Crippen LogP contribution in [0.2, 0.25) is 0 Å². The Kier molecular flexibility index (Phi) is 2.28. The zero-order chi connectivity index (χ0) is 7.72. The van der Waals surface area contributed by atoms with Gasteiger partial charge in [0.05, 0.1) is 18.8 Å². The van der Waals surface area contributed by atoms with E-state index in [9.17, 15) is 10.2 Å². The first-order valence-corrected chi connectivity index (χ1v) is 3.60. The average molecular weight is 146 g/mol. The molecule has 3 heteroatoms. The number of hydrogen-bond acceptors (Lipinski definition) is 3. The molecule has 1 aliphatic heterocycles. The van der Waals surface area contributed by atoms with Gasteiger partial charge in [-0.25, -0.2) is 0 Å². The molecule has 0 aromatic heterocycles. The molecule has 0 radical (unpaired) electrons. The number of rotatable bonds is 0. The van der Waals surface area contributed by atoms with Crippen LogP contribution in [0.1, 0.15) is 13.8 Å². The minimum atomic E-state index is -0.719. The molecule has 0 saturated carbocycles. The van der Waals surface area contributed by atoms with Gasteiger partial charge in [-0.05, 0) is 6.92 Å². The summed E-state index contributed by atoms with van der Waals surface area (Å²) in [5.41, 5.74) is 0. The van der Waals surface area contributed by atoms with E-state index >= 15 is 0 Å². The molecular weight excluding hydrogens is 132 g/mol. The molecule has 10 heavy (non-hydrogen) atoms. The lowest BCUT2D eigenvalue weighted by Gasteiger charge is -2.34. The second-order valence-electron chi connectivity index (χ2n) is 3.00. The van der Waals surface area contributed by atoms with Crippen molar-refractivity contribution in [2.24, 2.45) is 5.92 Å². The smallest absolute Gasteiger partial charge is 0.106 e. The molecule has 1 saturated heterocycles. The Bertz CT molecular complexity index is 101. The van der Waals surface area contributed by atoms with Crippen LogP contribution in [0.25, 0.3) is 0 Å². The molecule has 1 heterocycles. The van der Waals surface area contributed by atoms with E-state index in [1.54, 1.807) is 6.92 Å². The molecule has 0 amide bonds. The molecule has 0 aliphatic carbocycles. The fraction of sp³-hybridized carbons (Fsp3) is 1.00. The fourth-order valence-corrected chi connectivity index (χ4v) is 1.12. The normalized spacial score (nSPS) is 49.2. The van der Waals surface area contributed by atoms with Crippen LogP contribution < -0.4 is 0 Å². The molecule has 2 N–H and O–H groups in total. The molecule has 1 aliphatic rings. The van der Waals surface area contributed by atoms with Gasteiger partial charge < -0.3 is 14.9 Å². The van der Waals surface area contributed by atoms with Gasteiger partial charge in [0.15, 0.2) is 0 Å². The largest absolute Gasteiger partial charge is 0.390 e. The minimum absolute atomic E-state index is 0.0474. The third kappa shape index (κ3) is 1.31. The standard InChI is InChI=1S/C7H14O3/c1-4-3-10-5(2)7(9)6(4)8/h4-9H,3H2,1-2H3/t4?,5-,6-,7+/m1/s1. The second kappa shape index (κ2) is 2.86. The van der Waals surface area contributed by atoms with E-state index in [2.05, 4.69) is 0 Å². The molecule has 4 atom stereocenters. The molecule has 0 aromatic rings. The van der Waals surface area contributed by atoms with Gasteiger partial charge >= 0.3 is 0 Å². The van der Waals surface area contributed by atoms with Gasteiger partial charge in [-0.1, -0.05) is 6.92 Å². The lowest BCUT2D eigenvalue weighted by atomic mass is 9.95. The van der Waals surface area contributed by atoms with Crippen LogP contribution in [-0.4, -0.2) is 35.1 Å². The maximum Gasteiger partial charge on any atom is 0.106 e. The van der Waals surface area contributed by atoms with Crippen molar-refractivity contribution >= 4 is 0 Å². The monoisotopic (exact) mass is 146 g/mol. The Morgan fingerprint density at radius 3 is 2.30 bits per heavy atom. The first-order chi connectivity index (χ1) is 4.63. The van der Waals surface area contributed by atoms with Gasteiger partial charge in [0.25, 0.3) is 0 Å². The number of ether oxygens (including phenoxy) is 1. The van der Waals surface area contributed by atoms with Crippen LogP contribution in [-0.2, 0) is 4.74 Å². The van der Waals surface area contributed by atoms with Crippen molar-refractivity contribution in [2.45, 2.75) is 32.2 Å². The summed E-state index contributed by atoms with van der Waals surface area (Å²) in [7, 11) is 0. The zero-order valence-corrected chi connectivity index (χ0v) is 6.32. The maximum absolute atomic E-state index is 9.29. The lowest BCUT2D eigenvalue weighted by molar-refractivity contribution is -0.153. The highest BCUT2D eigenvalue weighted by molar-refractivity contribution is 4.81. The molecule has 1 fully saturated rings. The second-order valence-corrected chi connectivity index (χ2v) is 3.00. The summed E-state index contributed by atoms with van der Waals surface area (Å²) in [5, 5.41) is 18.5. The minimum Gasteiger partial charge on any atom is -0.390 e. The van der Waals surface area contributed by atoms with Crippen LogP contribution in [0.3, 0.4) is 0 Å². The van der Waals surface area contributed by atoms with Crippen LogP contribution in [0, 0.1) is 5.92 Å². The van der Waals surface area contributed by atoms with Gasteiger partial charge in [-0.2, -0.15) is 0 Å². The summed E-state index contributed by atoms with van der Waals surface area (Å²) in [6, 6.07) is 0. The van der Waals surface area contributed by atoms with E-state index in [4.69, 9.17) is 4.74 Å². The maximum atomic E-state index is 9.29. The first-order valence-electron chi connectivity index (χ1n) is 3.60. The third-order valence-corrected chi connectivity index (χ3v) is 2.04. The molecule has 1 rings (SSSR count).